The number of hydrogen-bond donors (Lipinski definition) is 2. The van der Waals surface area contributed by atoms with Crippen molar-refractivity contribution in [3.05, 3.63) is 0 Å². The third-order valence-electron chi connectivity index (χ3n) is 2.62. The fourth-order valence-corrected chi connectivity index (χ4v) is 1.83. The Bertz CT molecular complexity index is 243. The molecule has 4 nitrogen and oxygen atoms in total. The van der Waals surface area contributed by atoms with Crippen LogP contribution in [0.25, 0.3) is 0 Å². The molecule has 0 spiro atoms. The summed E-state index contributed by atoms with van der Waals surface area (Å²) in [5.41, 5.74) is -1.29. The van der Waals surface area contributed by atoms with Gasteiger partial charge in [-0.25, -0.2) is 4.79 Å². The average Bonchev–Trinajstić information content (AvgIpc) is 2.26. The van der Waals surface area contributed by atoms with E-state index in [1.54, 1.807) is 6.92 Å². The van der Waals surface area contributed by atoms with Gasteiger partial charge in [0.15, 0.2) is 0 Å². The Morgan fingerprint density at radius 3 is 2.53 bits per heavy atom. The van der Waals surface area contributed by atoms with Crippen LogP contribution in [0, 0.1) is 0 Å². The molecule has 0 aromatic heterocycles. The number of hydrogen-bond acceptors (Lipinski definition) is 3. The van der Waals surface area contributed by atoms with Crippen molar-refractivity contribution in [2.24, 2.45) is 0 Å². The number of aliphatic hydroxyl groups is 1. The van der Waals surface area contributed by atoms with Gasteiger partial charge in [0, 0.05) is 0 Å². The van der Waals surface area contributed by atoms with Gasteiger partial charge in [0.05, 0.1) is 11.6 Å². The molecule has 2 N–H and O–H groups in total. The van der Waals surface area contributed by atoms with Crippen LogP contribution < -0.4 is 5.32 Å². The molecule has 88 valence electrons. The second-order valence-corrected chi connectivity index (χ2v) is 5.45. The van der Waals surface area contributed by atoms with Crippen molar-refractivity contribution < 1.29 is 14.6 Å². The van der Waals surface area contributed by atoms with Gasteiger partial charge >= 0.3 is 6.09 Å². The normalized spacial score (nSPS) is 31.4. The molecular formula is C11H21NO3. The number of carbonyl (C=O) groups excluding carboxylic acids is 1. The van der Waals surface area contributed by atoms with Crippen LogP contribution in [0.5, 0.6) is 0 Å². The Morgan fingerprint density at radius 1 is 1.53 bits per heavy atom. The van der Waals surface area contributed by atoms with Gasteiger partial charge in [0.25, 0.3) is 0 Å². The largest absolute Gasteiger partial charge is 0.444 e. The summed E-state index contributed by atoms with van der Waals surface area (Å²) in [5.74, 6) is 0. The standard InChI is InChI=1S/C11H21NO3/c1-10(2,3)15-9(13)12-8-6-5-7-11(8,4)14/h8,14H,5-7H2,1-4H3,(H,12,13)/t8-,11-/m0/s1. The average molecular weight is 215 g/mol. The molecule has 0 bridgehead atoms. The van der Waals surface area contributed by atoms with Gasteiger partial charge in [-0.05, 0) is 47.0 Å². The lowest BCUT2D eigenvalue weighted by Crippen LogP contribution is -2.48. The summed E-state index contributed by atoms with van der Waals surface area (Å²) in [4.78, 5) is 11.5. The summed E-state index contributed by atoms with van der Waals surface area (Å²) < 4.78 is 5.13. The Morgan fingerprint density at radius 2 is 2.13 bits per heavy atom. The Kier molecular flexibility index (Phi) is 3.28. The number of carbonyl (C=O) groups is 1. The van der Waals surface area contributed by atoms with Crippen molar-refractivity contribution in [2.75, 3.05) is 0 Å². The topological polar surface area (TPSA) is 58.6 Å². The lowest BCUT2D eigenvalue weighted by Gasteiger charge is -2.28. The SMILES string of the molecule is CC(C)(C)OC(=O)N[C@H]1CCC[C@]1(C)O. The molecule has 0 aromatic rings. The molecule has 4 heteroatoms. The maximum absolute atomic E-state index is 11.5. The summed E-state index contributed by atoms with van der Waals surface area (Å²) in [7, 11) is 0. The van der Waals surface area contributed by atoms with Crippen LogP contribution >= 0.6 is 0 Å². The molecule has 1 aliphatic rings. The minimum atomic E-state index is -0.795. The highest BCUT2D eigenvalue weighted by molar-refractivity contribution is 5.68. The quantitative estimate of drug-likeness (QED) is 0.701. The lowest BCUT2D eigenvalue weighted by molar-refractivity contribution is 0.0195. The van der Waals surface area contributed by atoms with E-state index in [0.717, 1.165) is 19.3 Å². The van der Waals surface area contributed by atoms with Crippen LogP contribution in [0.4, 0.5) is 4.79 Å². The zero-order chi connectivity index (χ0) is 11.7. The second kappa shape index (κ2) is 4.00. The molecular weight excluding hydrogens is 194 g/mol. The van der Waals surface area contributed by atoms with E-state index in [2.05, 4.69) is 5.32 Å². The van der Waals surface area contributed by atoms with E-state index in [9.17, 15) is 9.90 Å². The van der Waals surface area contributed by atoms with E-state index >= 15 is 0 Å². The van der Waals surface area contributed by atoms with Gasteiger partial charge in [0.1, 0.15) is 5.60 Å². The summed E-state index contributed by atoms with van der Waals surface area (Å²) in [6.07, 6.45) is 2.03. The van der Waals surface area contributed by atoms with E-state index in [-0.39, 0.29) is 6.04 Å². The molecule has 1 fully saturated rings. The molecule has 0 heterocycles. The first-order chi connectivity index (χ1) is 6.71. The summed E-state index contributed by atoms with van der Waals surface area (Å²) in [6.45, 7) is 7.21. The zero-order valence-corrected chi connectivity index (χ0v) is 9.96. The molecule has 1 rings (SSSR count). The summed E-state index contributed by atoms with van der Waals surface area (Å²) >= 11 is 0. The van der Waals surface area contributed by atoms with Crippen molar-refractivity contribution in [2.45, 2.75) is 64.2 Å². The van der Waals surface area contributed by atoms with E-state index < -0.39 is 17.3 Å². The first kappa shape index (κ1) is 12.3. The van der Waals surface area contributed by atoms with E-state index in [1.807, 2.05) is 20.8 Å². The van der Waals surface area contributed by atoms with Crippen LogP contribution in [-0.2, 0) is 4.74 Å². The maximum atomic E-state index is 11.5. The molecule has 15 heavy (non-hydrogen) atoms. The van der Waals surface area contributed by atoms with Crippen LogP contribution in [0.15, 0.2) is 0 Å². The van der Waals surface area contributed by atoms with Crippen molar-refractivity contribution in [3.63, 3.8) is 0 Å². The molecule has 0 radical (unpaired) electrons. The summed E-state index contributed by atoms with van der Waals surface area (Å²) in [6, 6.07) is -0.188. The van der Waals surface area contributed by atoms with Crippen LogP contribution in [0.1, 0.15) is 47.0 Å². The van der Waals surface area contributed by atoms with Crippen LogP contribution in [0.3, 0.4) is 0 Å². The van der Waals surface area contributed by atoms with E-state index in [0.29, 0.717) is 0 Å². The highest BCUT2D eigenvalue weighted by Crippen LogP contribution is 2.29. The fourth-order valence-electron chi connectivity index (χ4n) is 1.83. The third kappa shape index (κ3) is 3.70. The highest BCUT2D eigenvalue weighted by Gasteiger charge is 2.38. The van der Waals surface area contributed by atoms with Gasteiger partial charge in [-0.2, -0.15) is 0 Å². The molecule has 0 aliphatic heterocycles. The molecule has 0 saturated heterocycles. The highest BCUT2D eigenvalue weighted by atomic mass is 16.6. The number of alkyl carbamates (subject to hydrolysis) is 1. The van der Waals surface area contributed by atoms with Crippen molar-refractivity contribution in [1.82, 2.24) is 5.32 Å². The predicted molar refractivity (Wildman–Crippen MR) is 57.6 cm³/mol. The molecule has 0 aromatic carbocycles. The Balaban J connectivity index is 2.45. The Labute approximate surface area is 91.0 Å². The fraction of sp³-hybridized carbons (Fsp3) is 0.909. The number of amides is 1. The number of nitrogens with one attached hydrogen (secondary N) is 1. The van der Waals surface area contributed by atoms with Gasteiger partial charge in [-0.1, -0.05) is 0 Å². The zero-order valence-electron chi connectivity index (χ0n) is 9.96. The molecule has 1 saturated carbocycles. The first-order valence-electron chi connectivity index (χ1n) is 5.43. The van der Waals surface area contributed by atoms with Crippen LogP contribution in [-0.4, -0.2) is 28.4 Å². The monoisotopic (exact) mass is 215 g/mol. The third-order valence-corrected chi connectivity index (χ3v) is 2.62. The van der Waals surface area contributed by atoms with Crippen molar-refractivity contribution >= 4 is 6.09 Å². The maximum Gasteiger partial charge on any atom is 0.407 e. The lowest BCUT2D eigenvalue weighted by atomic mass is 10.0. The first-order valence-corrected chi connectivity index (χ1v) is 5.43. The summed E-state index contributed by atoms with van der Waals surface area (Å²) in [5, 5.41) is 12.6. The van der Waals surface area contributed by atoms with Gasteiger partial charge < -0.3 is 15.2 Å². The smallest absolute Gasteiger partial charge is 0.407 e. The predicted octanol–water partition coefficient (Wildman–Crippen LogP) is 1.81. The second-order valence-electron chi connectivity index (χ2n) is 5.45. The molecule has 0 unspecified atom stereocenters. The molecule has 1 amide bonds. The van der Waals surface area contributed by atoms with E-state index in [1.165, 1.54) is 0 Å². The van der Waals surface area contributed by atoms with Gasteiger partial charge in [-0.15, -0.1) is 0 Å². The van der Waals surface area contributed by atoms with E-state index in [4.69, 9.17) is 4.74 Å². The van der Waals surface area contributed by atoms with Crippen molar-refractivity contribution in [1.29, 1.82) is 0 Å². The number of ether oxygens (including phenoxy) is 1. The van der Waals surface area contributed by atoms with Crippen molar-refractivity contribution in [3.8, 4) is 0 Å². The number of rotatable bonds is 1. The molecule has 2 atom stereocenters. The van der Waals surface area contributed by atoms with Gasteiger partial charge in [-0.3, -0.25) is 0 Å². The molecule has 1 aliphatic carbocycles. The Hall–Kier alpha value is -0.770. The minimum Gasteiger partial charge on any atom is -0.444 e. The van der Waals surface area contributed by atoms with Crippen LogP contribution in [0.2, 0.25) is 0 Å². The minimum absolute atomic E-state index is 0.188. The van der Waals surface area contributed by atoms with Gasteiger partial charge in [0.2, 0.25) is 0 Å².